The van der Waals surface area contributed by atoms with Gasteiger partial charge in [0.15, 0.2) is 12.7 Å². The summed E-state index contributed by atoms with van der Waals surface area (Å²) < 4.78 is 16.4. The van der Waals surface area contributed by atoms with E-state index in [-0.39, 0.29) is 37.2 Å². The number of halogens is 1. The molecular weight excluding hydrogens is 536 g/mol. The van der Waals surface area contributed by atoms with Gasteiger partial charge in [0.25, 0.3) is 0 Å². The van der Waals surface area contributed by atoms with Crippen LogP contribution in [0.25, 0.3) is 10.9 Å². The molecule has 0 unspecified atom stereocenters. The standard InChI is InChI=1S/C24H27BrN4O7/c1-24(2,3)36-23(31)27-10-9-26-21(20-16-12-15(25)6-7-17(16)28-22(20)30)14-5-8-18(29(32)33)19(11-14)35-13-34-4/h5-8,11-12,28,30H,9-10,13H2,1-4H3,(H,27,31). The van der Waals surface area contributed by atoms with Gasteiger partial charge in [-0.2, -0.15) is 0 Å². The number of alkyl carbamates (subject to hydrolysis) is 1. The summed E-state index contributed by atoms with van der Waals surface area (Å²) in [6, 6.07) is 9.74. The third kappa shape index (κ3) is 6.73. The number of carbonyl (C=O) groups excluding carboxylic acids is 1. The lowest BCUT2D eigenvalue weighted by molar-refractivity contribution is -0.386. The summed E-state index contributed by atoms with van der Waals surface area (Å²) in [5.41, 5.74) is 0.991. The number of ether oxygens (including phenoxy) is 3. The molecule has 36 heavy (non-hydrogen) atoms. The topological polar surface area (TPSA) is 148 Å². The summed E-state index contributed by atoms with van der Waals surface area (Å²) >= 11 is 3.44. The summed E-state index contributed by atoms with van der Waals surface area (Å²) in [6.45, 7) is 5.39. The summed E-state index contributed by atoms with van der Waals surface area (Å²) in [6.07, 6.45) is -0.580. The normalized spacial score (nSPS) is 12.0. The molecule has 0 radical (unpaired) electrons. The lowest BCUT2D eigenvalue weighted by atomic mass is 10.00. The van der Waals surface area contributed by atoms with Crippen LogP contribution in [-0.2, 0) is 9.47 Å². The molecule has 2 aromatic carbocycles. The molecular formula is C24H27BrN4O7. The van der Waals surface area contributed by atoms with Crippen molar-refractivity contribution in [2.45, 2.75) is 26.4 Å². The lowest BCUT2D eigenvalue weighted by Gasteiger charge is -2.19. The molecule has 0 spiro atoms. The van der Waals surface area contributed by atoms with Crippen LogP contribution in [0.15, 0.2) is 45.9 Å². The van der Waals surface area contributed by atoms with E-state index in [4.69, 9.17) is 14.2 Å². The number of hydrogen-bond acceptors (Lipinski definition) is 8. The fourth-order valence-electron chi connectivity index (χ4n) is 3.39. The fraction of sp³-hybridized carbons (Fsp3) is 0.333. The maximum atomic E-state index is 12.0. The van der Waals surface area contributed by atoms with E-state index in [0.717, 1.165) is 4.47 Å². The molecule has 1 aromatic heterocycles. The second kappa shape index (κ2) is 11.4. The third-order valence-electron chi connectivity index (χ3n) is 4.79. The lowest BCUT2D eigenvalue weighted by Crippen LogP contribution is -2.33. The number of H-pyrrole nitrogens is 1. The van der Waals surface area contributed by atoms with Crippen LogP contribution in [0.5, 0.6) is 11.6 Å². The second-order valence-electron chi connectivity index (χ2n) is 8.69. The highest BCUT2D eigenvalue weighted by Crippen LogP contribution is 2.34. The Kier molecular flexibility index (Phi) is 8.53. The predicted molar refractivity (Wildman–Crippen MR) is 138 cm³/mol. The second-order valence-corrected chi connectivity index (χ2v) is 9.60. The number of rotatable bonds is 9. The maximum Gasteiger partial charge on any atom is 0.407 e. The summed E-state index contributed by atoms with van der Waals surface area (Å²) in [5.74, 6) is -0.140. The molecule has 0 aliphatic rings. The smallest absolute Gasteiger partial charge is 0.407 e. The zero-order valence-corrected chi connectivity index (χ0v) is 21.8. The number of nitrogens with one attached hydrogen (secondary N) is 2. The number of benzene rings is 2. The first-order chi connectivity index (χ1) is 17.0. The highest BCUT2D eigenvalue weighted by molar-refractivity contribution is 9.10. The van der Waals surface area contributed by atoms with Gasteiger partial charge in [-0.15, -0.1) is 0 Å². The minimum atomic E-state index is -0.640. The van der Waals surface area contributed by atoms with Gasteiger partial charge in [-0.3, -0.25) is 15.1 Å². The highest BCUT2D eigenvalue weighted by Gasteiger charge is 2.23. The number of carbonyl (C=O) groups is 1. The van der Waals surface area contributed by atoms with Crippen molar-refractivity contribution in [1.82, 2.24) is 10.3 Å². The number of fused-ring (bicyclic) bond motifs is 1. The Bertz CT molecular complexity index is 1300. The molecule has 0 aliphatic carbocycles. The minimum Gasteiger partial charge on any atom is -0.494 e. The van der Waals surface area contributed by atoms with Crippen LogP contribution in [0.1, 0.15) is 31.9 Å². The molecule has 0 saturated heterocycles. The SMILES string of the molecule is COCOc1cc(C(=NCCNC(=O)OC(C)(C)C)c2c(O)[nH]c3ccc(Br)cc23)ccc1[N+](=O)[O-]. The van der Waals surface area contributed by atoms with E-state index in [0.29, 0.717) is 27.7 Å². The Labute approximate surface area is 215 Å². The number of aromatic amines is 1. The zero-order valence-electron chi connectivity index (χ0n) is 20.3. The van der Waals surface area contributed by atoms with Gasteiger partial charge in [-0.1, -0.05) is 15.9 Å². The van der Waals surface area contributed by atoms with Crippen LogP contribution in [0.4, 0.5) is 10.5 Å². The Morgan fingerprint density at radius 3 is 2.67 bits per heavy atom. The Balaban J connectivity index is 2.04. The molecule has 192 valence electrons. The van der Waals surface area contributed by atoms with E-state index in [1.807, 2.05) is 12.1 Å². The van der Waals surface area contributed by atoms with E-state index < -0.39 is 16.6 Å². The third-order valence-corrected chi connectivity index (χ3v) is 5.28. The molecule has 3 aromatic rings. The Morgan fingerprint density at radius 1 is 1.25 bits per heavy atom. The average Bonchev–Trinajstić information content (AvgIpc) is 3.11. The molecule has 0 atom stereocenters. The molecule has 1 heterocycles. The number of nitro groups is 1. The minimum absolute atomic E-state index is 0.0144. The van der Waals surface area contributed by atoms with Crippen LogP contribution in [0.3, 0.4) is 0 Å². The van der Waals surface area contributed by atoms with Crippen LogP contribution in [-0.4, -0.2) is 59.4 Å². The fourth-order valence-corrected chi connectivity index (χ4v) is 3.76. The van der Waals surface area contributed by atoms with Gasteiger partial charge in [0, 0.05) is 40.7 Å². The van der Waals surface area contributed by atoms with Crippen LogP contribution in [0.2, 0.25) is 0 Å². The number of aromatic hydroxyl groups is 1. The first-order valence-electron chi connectivity index (χ1n) is 10.9. The van der Waals surface area contributed by atoms with Gasteiger partial charge in [0.2, 0.25) is 5.75 Å². The van der Waals surface area contributed by atoms with Crippen molar-refractivity contribution in [1.29, 1.82) is 0 Å². The van der Waals surface area contributed by atoms with Gasteiger partial charge in [-0.05, 0) is 51.1 Å². The zero-order chi connectivity index (χ0) is 26.5. The number of nitrogens with zero attached hydrogens (tertiary/aromatic N) is 2. The van der Waals surface area contributed by atoms with Crippen molar-refractivity contribution in [3.63, 3.8) is 0 Å². The molecule has 1 amide bonds. The Morgan fingerprint density at radius 2 is 2.00 bits per heavy atom. The van der Waals surface area contributed by atoms with E-state index in [1.165, 1.54) is 25.3 Å². The summed E-state index contributed by atoms with van der Waals surface area (Å²) in [7, 11) is 1.40. The molecule has 3 rings (SSSR count). The number of methoxy groups -OCH3 is 1. The van der Waals surface area contributed by atoms with Crippen LogP contribution in [0, 0.1) is 10.1 Å². The van der Waals surface area contributed by atoms with Crippen molar-refractivity contribution in [3.8, 4) is 11.6 Å². The van der Waals surface area contributed by atoms with E-state index >= 15 is 0 Å². The average molecular weight is 563 g/mol. The van der Waals surface area contributed by atoms with E-state index in [1.54, 1.807) is 26.8 Å². The number of aliphatic imine (C=N–C) groups is 1. The number of amides is 1. The largest absolute Gasteiger partial charge is 0.494 e. The first kappa shape index (κ1) is 27.0. The summed E-state index contributed by atoms with van der Waals surface area (Å²) in [4.78, 5) is 30.5. The number of aromatic nitrogens is 1. The monoisotopic (exact) mass is 562 g/mol. The van der Waals surface area contributed by atoms with E-state index in [2.05, 4.69) is 31.2 Å². The molecule has 12 heteroatoms. The maximum absolute atomic E-state index is 12.0. The molecule has 3 N–H and O–H groups in total. The van der Waals surface area contributed by atoms with Gasteiger partial charge in [0.1, 0.15) is 5.60 Å². The number of hydrogen-bond donors (Lipinski definition) is 3. The molecule has 0 fully saturated rings. The van der Waals surface area contributed by atoms with Gasteiger partial charge < -0.3 is 29.6 Å². The van der Waals surface area contributed by atoms with Crippen LogP contribution >= 0.6 is 15.9 Å². The van der Waals surface area contributed by atoms with Crippen molar-refractivity contribution < 1.29 is 29.0 Å². The first-order valence-corrected chi connectivity index (χ1v) is 11.7. The molecule has 0 saturated carbocycles. The molecule has 0 bridgehead atoms. The van der Waals surface area contributed by atoms with Crippen molar-refractivity contribution in [3.05, 3.63) is 62.1 Å². The molecule has 11 nitrogen and oxygen atoms in total. The van der Waals surface area contributed by atoms with E-state index in [9.17, 15) is 20.0 Å². The van der Waals surface area contributed by atoms with Crippen LogP contribution < -0.4 is 10.1 Å². The highest BCUT2D eigenvalue weighted by atomic mass is 79.9. The van der Waals surface area contributed by atoms with Gasteiger partial charge in [0.05, 0.1) is 22.7 Å². The number of nitro benzene ring substituents is 1. The predicted octanol–water partition coefficient (Wildman–Crippen LogP) is 4.89. The quantitative estimate of drug-likeness (QED) is 0.110. The van der Waals surface area contributed by atoms with Crippen molar-refractivity contribution in [2.75, 3.05) is 27.0 Å². The van der Waals surface area contributed by atoms with Crippen molar-refractivity contribution >= 4 is 44.3 Å². The molecule has 0 aliphatic heterocycles. The summed E-state index contributed by atoms with van der Waals surface area (Å²) in [5, 5.41) is 25.6. The van der Waals surface area contributed by atoms with Gasteiger partial charge >= 0.3 is 11.8 Å². The van der Waals surface area contributed by atoms with Crippen molar-refractivity contribution in [2.24, 2.45) is 4.99 Å². The Hall–Kier alpha value is -3.64. The van der Waals surface area contributed by atoms with Gasteiger partial charge in [-0.25, -0.2) is 4.79 Å².